The fraction of sp³-hybridized carbons (Fsp3) is 0.533. The number of rotatable bonds is 7. The number of nitrogens with zero attached hydrogens (tertiary/aromatic N) is 1. The molecule has 1 aromatic rings. The molecule has 0 aromatic heterocycles. The minimum absolute atomic E-state index is 0.118. The third-order valence-electron chi connectivity index (χ3n) is 4.05. The Morgan fingerprint density at radius 1 is 1.45 bits per heavy atom. The first-order valence-electron chi connectivity index (χ1n) is 6.89. The average molecular weight is 277 g/mol. The van der Waals surface area contributed by atoms with Crippen LogP contribution in [0.2, 0.25) is 0 Å². The lowest BCUT2D eigenvalue weighted by Gasteiger charge is -2.09. The second-order valence-corrected chi connectivity index (χ2v) is 5.28. The summed E-state index contributed by atoms with van der Waals surface area (Å²) in [6.45, 7) is 2.04. The lowest BCUT2D eigenvalue weighted by atomic mass is 9.99. The largest absolute Gasteiger partial charge is 0.497 e. The zero-order valence-corrected chi connectivity index (χ0v) is 11.8. The highest BCUT2D eigenvalue weighted by Crippen LogP contribution is 2.51. The van der Waals surface area contributed by atoms with Crippen molar-refractivity contribution in [3.8, 4) is 5.75 Å². The molecular weight excluding hydrogens is 258 g/mol. The third kappa shape index (κ3) is 2.40. The van der Waals surface area contributed by atoms with E-state index in [1.54, 1.807) is 24.3 Å². The van der Waals surface area contributed by atoms with Crippen molar-refractivity contribution in [3.63, 3.8) is 0 Å². The Bertz CT molecular complexity index is 511. The minimum atomic E-state index is -1.39. The number of ether oxygens (including phenoxy) is 1. The van der Waals surface area contributed by atoms with Crippen LogP contribution in [0.25, 0.3) is 0 Å². The topological polar surface area (TPSA) is 69.4 Å². The number of benzene rings is 1. The van der Waals surface area contributed by atoms with Gasteiger partial charge in [0.15, 0.2) is 0 Å². The Balaban J connectivity index is 2.18. The summed E-state index contributed by atoms with van der Waals surface area (Å²) in [7, 11) is 1.54. The summed E-state index contributed by atoms with van der Waals surface area (Å²) >= 11 is 0. The smallest absolute Gasteiger partial charge is 0.287 e. The molecule has 108 valence electrons. The standard InChI is InChI=1S/C15H19NO4/c1-3-4-5-12-10-15(12,16(18)19)14(17)11-6-8-13(20-2)9-7-11/h6-9,12H,3-5,10H2,1-2H3/t12-,15+/m1/s1. The molecule has 0 amide bonds. The van der Waals surface area contributed by atoms with Gasteiger partial charge >= 0.3 is 0 Å². The van der Waals surface area contributed by atoms with Gasteiger partial charge in [-0.25, -0.2) is 0 Å². The normalized spacial score (nSPS) is 24.2. The van der Waals surface area contributed by atoms with Gasteiger partial charge in [0.1, 0.15) is 5.75 Å². The number of hydrogen-bond acceptors (Lipinski definition) is 4. The zero-order chi connectivity index (χ0) is 14.8. The van der Waals surface area contributed by atoms with E-state index in [4.69, 9.17) is 4.74 Å². The summed E-state index contributed by atoms with van der Waals surface area (Å²) in [5.41, 5.74) is -0.995. The predicted molar refractivity (Wildman–Crippen MR) is 74.7 cm³/mol. The van der Waals surface area contributed by atoms with Gasteiger partial charge in [-0.05, 0) is 30.7 Å². The van der Waals surface area contributed by atoms with Crippen LogP contribution in [-0.4, -0.2) is 23.4 Å². The van der Waals surface area contributed by atoms with Gasteiger partial charge in [0.25, 0.3) is 5.54 Å². The van der Waals surface area contributed by atoms with E-state index in [1.165, 1.54) is 7.11 Å². The Kier molecular flexibility index (Phi) is 4.06. The average Bonchev–Trinajstić information content (AvgIpc) is 3.20. The van der Waals surface area contributed by atoms with Crippen molar-refractivity contribution in [1.29, 1.82) is 0 Å². The first kappa shape index (κ1) is 14.5. The first-order chi connectivity index (χ1) is 9.56. The summed E-state index contributed by atoms with van der Waals surface area (Å²) in [5.74, 6) is 0.147. The van der Waals surface area contributed by atoms with Crippen molar-refractivity contribution >= 4 is 5.78 Å². The maximum Gasteiger partial charge on any atom is 0.287 e. The maximum atomic E-state index is 12.5. The lowest BCUT2D eigenvalue weighted by Crippen LogP contribution is -2.34. The van der Waals surface area contributed by atoms with Crippen LogP contribution in [0.15, 0.2) is 24.3 Å². The van der Waals surface area contributed by atoms with Crippen molar-refractivity contribution in [2.24, 2.45) is 5.92 Å². The first-order valence-corrected chi connectivity index (χ1v) is 6.89. The van der Waals surface area contributed by atoms with Crippen LogP contribution in [0.4, 0.5) is 0 Å². The van der Waals surface area contributed by atoms with E-state index in [0.717, 1.165) is 19.3 Å². The highest BCUT2D eigenvalue weighted by Gasteiger charge is 2.70. The van der Waals surface area contributed by atoms with E-state index in [1.807, 2.05) is 6.92 Å². The molecule has 2 rings (SSSR count). The quantitative estimate of drug-likeness (QED) is 0.436. The Morgan fingerprint density at radius 2 is 2.10 bits per heavy atom. The molecule has 0 saturated heterocycles. The SMILES string of the molecule is CCCC[C@@H]1C[C@]1(C(=O)c1ccc(OC)cc1)[N+](=O)[O-]. The van der Waals surface area contributed by atoms with Crippen molar-refractivity contribution < 1.29 is 14.5 Å². The van der Waals surface area contributed by atoms with E-state index in [9.17, 15) is 14.9 Å². The summed E-state index contributed by atoms with van der Waals surface area (Å²) in [6, 6.07) is 6.51. The molecular formula is C15H19NO4. The summed E-state index contributed by atoms with van der Waals surface area (Å²) in [5, 5.41) is 11.4. The van der Waals surface area contributed by atoms with Gasteiger partial charge in [-0.3, -0.25) is 14.9 Å². The Morgan fingerprint density at radius 3 is 2.60 bits per heavy atom. The minimum Gasteiger partial charge on any atom is -0.497 e. The summed E-state index contributed by atoms with van der Waals surface area (Å²) in [4.78, 5) is 23.4. The monoisotopic (exact) mass is 277 g/mol. The van der Waals surface area contributed by atoms with Crippen LogP contribution in [0.1, 0.15) is 43.0 Å². The van der Waals surface area contributed by atoms with Crippen LogP contribution in [0.5, 0.6) is 5.75 Å². The highest BCUT2D eigenvalue weighted by atomic mass is 16.6. The zero-order valence-electron chi connectivity index (χ0n) is 11.8. The molecule has 5 nitrogen and oxygen atoms in total. The maximum absolute atomic E-state index is 12.5. The highest BCUT2D eigenvalue weighted by molar-refractivity contribution is 6.04. The van der Waals surface area contributed by atoms with E-state index >= 15 is 0 Å². The molecule has 0 heterocycles. The third-order valence-corrected chi connectivity index (χ3v) is 4.05. The van der Waals surface area contributed by atoms with Crippen molar-refractivity contribution in [2.45, 2.75) is 38.1 Å². The van der Waals surface area contributed by atoms with E-state index in [0.29, 0.717) is 17.7 Å². The number of carbonyl (C=O) groups excluding carboxylic acids is 1. The number of unbranched alkanes of at least 4 members (excludes halogenated alkanes) is 1. The van der Waals surface area contributed by atoms with Gasteiger partial charge in [0, 0.05) is 22.8 Å². The molecule has 0 spiro atoms. The van der Waals surface area contributed by atoms with Crippen molar-refractivity contribution in [1.82, 2.24) is 0 Å². The summed E-state index contributed by atoms with van der Waals surface area (Å²) < 4.78 is 5.03. The molecule has 1 aliphatic carbocycles. The second kappa shape index (κ2) is 5.61. The van der Waals surface area contributed by atoms with Gasteiger partial charge in [-0.1, -0.05) is 19.8 Å². The number of nitro groups is 1. The van der Waals surface area contributed by atoms with E-state index < -0.39 is 5.54 Å². The number of ketones is 1. The van der Waals surface area contributed by atoms with E-state index in [2.05, 4.69) is 0 Å². The summed E-state index contributed by atoms with van der Waals surface area (Å²) in [6.07, 6.45) is 3.03. The Hall–Kier alpha value is -1.91. The van der Waals surface area contributed by atoms with Gasteiger partial charge < -0.3 is 4.74 Å². The molecule has 1 aromatic carbocycles. The molecule has 1 saturated carbocycles. The number of hydrogen-bond donors (Lipinski definition) is 0. The molecule has 1 fully saturated rings. The van der Waals surface area contributed by atoms with Crippen molar-refractivity contribution in [3.05, 3.63) is 39.9 Å². The number of Topliss-reactive ketones (excluding diaryl/α,β-unsaturated/α-hetero) is 1. The van der Waals surface area contributed by atoms with Gasteiger partial charge in [-0.15, -0.1) is 0 Å². The van der Waals surface area contributed by atoms with Crippen LogP contribution < -0.4 is 4.74 Å². The fourth-order valence-electron chi connectivity index (χ4n) is 2.69. The van der Waals surface area contributed by atoms with Gasteiger partial charge in [0.2, 0.25) is 5.78 Å². The van der Waals surface area contributed by atoms with Crippen LogP contribution >= 0.6 is 0 Å². The molecule has 0 N–H and O–H groups in total. The molecule has 5 heteroatoms. The van der Waals surface area contributed by atoms with Gasteiger partial charge in [-0.2, -0.15) is 0 Å². The van der Waals surface area contributed by atoms with Crippen molar-refractivity contribution in [2.75, 3.05) is 7.11 Å². The molecule has 20 heavy (non-hydrogen) atoms. The molecule has 1 aliphatic rings. The molecule has 2 atom stereocenters. The second-order valence-electron chi connectivity index (χ2n) is 5.28. The van der Waals surface area contributed by atoms with Crippen LogP contribution in [0, 0.1) is 16.0 Å². The molecule has 0 unspecified atom stereocenters. The lowest BCUT2D eigenvalue weighted by molar-refractivity contribution is -0.523. The van der Waals surface area contributed by atoms with Crippen LogP contribution in [-0.2, 0) is 0 Å². The van der Waals surface area contributed by atoms with E-state index in [-0.39, 0.29) is 16.6 Å². The molecule has 0 bridgehead atoms. The molecule has 0 aliphatic heterocycles. The molecule has 0 radical (unpaired) electrons. The fourth-order valence-corrected chi connectivity index (χ4v) is 2.69. The number of methoxy groups -OCH3 is 1. The van der Waals surface area contributed by atoms with Gasteiger partial charge in [0.05, 0.1) is 7.11 Å². The van der Waals surface area contributed by atoms with Crippen LogP contribution in [0.3, 0.4) is 0 Å². The number of carbonyl (C=O) groups is 1. The Labute approximate surface area is 118 Å². The predicted octanol–water partition coefficient (Wildman–Crippen LogP) is 3.10.